The van der Waals surface area contributed by atoms with Gasteiger partial charge < -0.3 is 4.42 Å². The van der Waals surface area contributed by atoms with E-state index in [0.29, 0.717) is 36.0 Å². The van der Waals surface area contributed by atoms with Gasteiger partial charge in [-0.3, -0.25) is 4.57 Å². The van der Waals surface area contributed by atoms with Crippen molar-refractivity contribution in [2.24, 2.45) is 18.9 Å². The molecule has 0 N–H and O–H groups in total. The van der Waals surface area contributed by atoms with E-state index in [9.17, 15) is 13.2 Å². The van der Waals surface area contributed by atoms with E-state index in [2.05, 4.69) is 24.3 Å². The number of oxazole rings is 1. The van der Waals surface area contributed by atoms with Gasteiger partial charge in [-0.2, -0.15) is 4.31 Å². The van der Waals surface area contributed by atoms with E-state index < -0.39 is 15.8 Å². The molecule has 7 heteroatoms. The van der Waals surface area contributed by atoms with Crippen LogP contribution in [0.2, 0.25) is 0 Å². The second kappa shape index (κ2) is 6.55. The number of benzene rings is 1. The molecule has 1 fully saturated rings. The van der Waals surface area contributed by atoms with Crippen molar-refractivity contribution in [3.8, 4) is 0 Å². The van der Waals surface area contributed by atoms with Crippen molar-refractivity contribution in [2.75, 3.05) is 13.1 Å². The molecule has 1 saturated heterocycles. The standard InChI is InChI=1S/C19H22N2O4S/c1-20-17-8-7-16(13-18(17)25-19(20)22)26(23,24)21-11-9-15(10-12-21)14-5-3-2-4-6-14/h3-8,13-15H,2,9-12H2,1H3. The monoisotopic (exact) mass is 374 g/mol. The molecule has 2 heterocycles. The number of allylic oxidation sites excluding steroid dienone is 4. The van der Waals surface area contributed by atoms with E-state index in [0.717, 1.165) is 19.3 Å². The van der Waals surface area contributed by atoms with Gasteiger partial charge in [-0.25, -0.2) is 13.2 Å². The maximum Gasteiger partial charge on any atom is 0.419 e. The summed E-state index contributed by atoms with van der Waals surface area (Å²) in [4.78, 5) is 11.8. The molecule has 0 atom stereocenters. The minimum absolute atomic E-state index is 0.176. The molecule has 0 bridgehead atoms. The Morgan fingerprint density at radius 2 is 1.81 bits per heavy atom. The van der Waals surface area contributed by atoms with Gasteiger partial charge in [0.2, 0.25) is 10.0 Å². The minimum Gasteiger partial charge on any atom is -0.408 e. The molecular weight excluding hydrogens is 352 g/mol. The van der Waals surface area contributed by atoms with Gasteiger partial charge in [0.25, 0.3) is 0 Å². The van der Waals surface area contributed by atoms with E-state index in [4.69, 9.17) is 4.42 Å². The molecule has 1 aromatic heterocycles. The Morgan fingerprint density at radius 3 is 2.50 bits per heavy atom. The maximum absolute atomic E-state index is 13.0. The molecule has 1 aliphatic heterocycles. The van der Waals surface area contributed by atoms with E-state index in [1.54, 1.807) is 23.5 Å². The predicted molar refractivity (Wildman–Crippen MR) is 99.3 cm³/mol. The smallest absolute Gasteiger partial charge is 0.408 e. The van der Waals surface area contributed by atoms with Crippen LogP contribution in [0.1, 0.15) is 19.3 Å². The average Bonchev–Trinajstić information content (AvgIpc) is 2.96. The molecule has 0 saturated carbocycles. The summed E-state index contributed by atoms with van der Waals surface area (Å²) in [6.07, 6.45) is 11.5. The van der Waals surface area contributed by atoms with Crippen LogP contribution in [0.3, 0.4) is 0 Å². The largest absolute Gasteiger partial charge is 0.419 e. The lowest BCUT2D eigenvalue weighted by atomic mass is 9.83. The number of hydrogen-bond donors (Lipinski definition) is 0. The fraction of sp³-hybridized carbons (Fsp3) is 0.421. The van der Waals surface area contributed by atoms with Crippen LogP contribution in [0.15, 0.2) is 56.6 Å². The predicted octanol–water partition coefficient (Wildman–Crippen LogP) is 2.66. The summed E-state index contributed by atoms with van der Waals surface area (Å²) in [6.45, 7) is 1.03. The first-order chi connectivity index (χ1) is 12.5. The summed E-state index contributed by atoms with van der Waals surface area (Å²) in [5, 5.41) is 0. The van der Waals surface area contributed by atoms with Crippen LogP contribution in [-0.4, -0.2) is 30.4 Å². The zero-order chi connectivity index (χ0) is 18.3. The fourth-order valence-corrected chi connectivity index (χ4v) is 5.34. The summed E-state index contributed by atoms with van der Waals surface area (Å²) in [6, 6.07) is 4.62. The van der Waals surface area contributed by atoms with Gasteiger partial charge in [-0.15, -0.1) is 0 Å². The molecule has 138 valence electrons. The molecule has 1 aromatic carbocycles. The Labute approximate surface area is 152 Å². The number of nitrogens with zero attached hydrogens (tertiary/aromatic N) is 2. The van der Waals surface area contributed by atoms with Crippen LogP contribution < -0.4 is 5.76 Å². The lowest BCUT2D eigenvalue weighted by molar-refractivity contribution is 0.250. The molecule has 2 aromatic rings. The molecule has 4 rings (SSSR count). The SMILES string of the molecule is Cn1c(=O)oc2cc(S(=O)(=O)N3CCC(C4C=CCC=C4)CC3)ccc21. The third-order valence-corrected chi connectivity index (χ3v) is 7.33. The molecule has 1 aliphatic carbocycles. The third kappa shape index (κ3) is 2.95. The number of aromatic nitrogens is 1. The summed E-state index contributed by atoms with van der Waals surface area (Å²) in [5.41, 5.74) is 0.884. The maximum atomic E-state index is 13.0. The molecule has 2 aliphatic rings. The second-order valence-corrected chi connectivity index (χ2v) is 8.91. The van der Waals surface area contributed by atoms with E-state index in [1.807, 2.05) is 0 Å². The number of rotatable bonds is 3. The summed E-state index contributed by atoms with van der Waals surface area (Å²) in [7, 11) is -1.99. The molecule has 0 radical (unpaired) electrons. The van der Waals surface area contributed by atoms with Crippen molar-refractivity contribution in [3.63, 3.8) is 0 Å². The first-order valence-electron chi connectivity index (χ1n) is 8.90. The first kappa shape index (κ1) is 17.3. The fourth-order valence-electron chi connectivity index (χ4n) is 3.85. The van der Waals surface area contributed by atoms with Crippen molar-refractivity contribution in [1.29, 1.82) is 0 Å². The van der Waals surface area contributed by atoms with Gasteiger partial charge >= 0.3 is 5.76 Å². The lowest BCUT2D eigenvalue weighted by Gasteiger charge is -2.34. The van der Waals surface area contributed by atoms with E-state index >= 15 is 0 Å². The molecule has 0 spiro atoms. The van der Waals surface area contributed by atoms with Gasteiger partial charge in [-0.05, 0) is 43.2 Å². The highest BCUT2D eigenvalue weighted by atomic mass is 32.2. The zero-order valence-electron chi connectivity index (χ0n) is 14.7. The van der Waals surface area contributed by atoms with Gasteiger partial charge in [0, 0.05) is 26.2 Å². The van der Waals surface area contributed by atoms with Crippen LogP contribution in [0.25, 0.3) is 11.1 Å². The topological polar surface area (TPSA) is 72.5 Å². The van der Waals surface area contributed by atoms with Gasteiger partial charge in [0.1, 0.15) is 0 Å². The van der Waals surface area contributed by atoms with Crippen molar-refractivity contribution >= 4 is 21.1 Å². The first-order valence-corrected chi connectivity index (χ1v) is 10.3. The van der Waals surface area contributed by atoms with E-state index in [1.165, 1.54) is 10.6 Å². The van der Waals surface area contributed by atoms with Crippen LogP contribution in [0, 0.1) is 11.8 Å². The Balaban J connectivity index is 1.54. The minimum atomic E-state index is -3.59. The summed E-state index contributed by atoms with van der Waals surface area (Å²) in [5.74, 6) is 0.413. The number of aryl methyl sites for hydroxylation is 1. The lowest BCUT2D eigenvalue weighted by Crippen LogP contribution is -2.39. The zero-order valence-corrected chi connectivity index (χ0v) is 15.5. The number of hydrogen-bond acceptors (Lipinski definition) is 4. The quantitative estimate of drug-likeness (QED) is 0.775. The van der Waals surface area contributed by atoms with Crippen LogP contribution in [0.4, 0.5) is 0 Å². The molecule has 0 amide bonds. The molecule has 0 unspecified atom stereocenters. The van der Waals surface area contributed by atoms with Gasteiger partial charge in [-0.1, -0.05) is 24.3 Å². The second-order valence-electron chi connectivity index (χ2n) is 6.97. The van der Waals surface area contributed by atoms with E-state index in [-0.39, 0.29) is 4.90 Å². The molecule has 6 nitrogen and oxygen atoms in total. The molecule has 26 heavy (non-hydrogen) atoms. The third-order valence-electron chi connectivity index (χ3n) is 5.43. The Kier molecular flexibility index (Phi) is 4.36. The van der Waals surface area contributed by atoms with Crippen molar-refractivity contribution in [3.05, 3.63) is 53.1 Å². The Morgan fingerprint density at radius 1 is 1.12 bits per heavy atom. The Hall–Kier alpha value is -2.12. The highest BCUT2D eigenvalue weighted by Crippen LogP contribution is 2.31. The number of piperidine rings is 1. The van der Waals surface area contributed by atoms with Gasteiger partial charge in [0.15, 0.2) is 5.58 Å². The highest BCUT2D eigenvalue weighted by Gasteiger charge is 2.31. The van der Waals surface area contributed by atoms with Crippen LogP contribution in [0.5, 0.6) is 0 Å². The molecular formula is C19H22N2O4S. The van der Waals surface area contributed by atoms with Gasteiger partial charge in [0.05, 0.1) is 10.4 Å². The number of sulfonamides is 1. The van der Waals surface area contributed by atoms with Crippen LogP contribution >= 0.6 is 0 Å². The highest BCUT2D eigenvalue weighted by molar-refractivity contribution is 7.89. The van der Waals surface area contributed by atoms with Crippen molar-refractivity contribution in [1.82, 2.24) is 8.87 Å². The van der Waals surface area contributed by atoms with Crippen molar-refractivity contribution < 1.29 is 12.8 Å². The average molecular weight is 374 g/mol. The Bertz CT molecular complexity index is 1030. The normalized spacial score (nSPS) is 20.2. The summed E-state index contributed by atoms with van der Waals surface area (Å²) < 4.78 is 34.0. The summed E-state index contributed by atoms with van der Waals surface area (Å²) >= 11 is 0. The van der Waals surface area contributed by atoms with Crippen molar-refractivity contribution in [2.45, 2.75) is 24.2 Å². The van der Waals surface area contributed by atoms with Crippen LogP contribution in [-0.2, 0) is 17.1 Å². The number of fused-ring (bicyclic) bond motifs is 1.